The van der Waals surface area contributed by atoms with E-state index in [4.69, 9.17) is 4.74 Å². The Hall–Kier alpha value is -1.82. The third-order valence-corrected chi connectivity index (χ3v) is 3.16. The molecule has 6 heteroatoms. The minimum absolute atomic E-state index is 0.252. The van der Waals surface area contributed by atoms with Gasteiger partial charge in [0.1, 0.15) is 5.82 Å². The number of methoxy groups -OCH3 is 1. The van der Waals surface area contributed by atoms with Crippen LogP contribution in [0, 0.1) is 0 Å². The molecule has 6 nitrogen and oxygen atoms in total. The molecule has 0 unspecified atom stereocenters. The van der Waals surface area contributed by atoms with Crippen molar-refractivity contribution in [3.63, 3.8) is 0 Å². The van der Waals surface area contributed by atoms with Crippen molar-refractivity contribution in [3.8, 4) is 0 Å². The molecule has 110 valence electrons. The summed E-state index contributed by atoms with van der Waals surface area (Å²) in [6, 6.07) is 0. The molecular formula is C14H23N5O. The molecule has 2 aromatic rings. The van der Waals surface area contributed by atoms with E-state index in [2.05, 4.69) is 27.5 Å². The normalized spacial score (nSPS) is 11.8. The molecule has 0 saturated heterocycles. The third-order valence-electron chi connectivity index (χ3n) is 3.16. The van der Waals surface area contributed by atoms with E-state index in [0.717, 1.165) is 30.2 Å². The monoisotopic (exact) mass is 277 g/mol. The SMILES string of the molecule is CCCNc1cn2ccnc2c(NCC(C)(C)OC)n1. The van der Waals surface area contributed by atoms with E-state index >= 15 is 0 Å². The largest absolute Gasteiger partial charge is 0.377 e. The van der Waals surface area contributed by atoms with Gasteiger partial charge in [0.05, 0.1) is 11.8 Å². The summed E-state index contributed by atoms with van der Waals surface area (Å²) in [5.41, 5.74) is 0.567. The standard InChI is InChI=1S/C14H23N5O/c1-5-6-15-11-9-19-8-7-16-13(19)12(18-11)17-10-14(2,3)20-4/h7-9,15H,5-6,10H2,1-4H3,(H,17,18). The van der Waals surface area contributed by atoms with Gasteiger partial charge in [-0.2, -0.15) is 0 Å². The van der Waals surface area contributed by atoms with E-state index < -0.39 is 0 Å². The number of aromatic nitrogens is 3. The fourth-order valence-corrected chi connectivity index (χ4v) is 1.76. The molecule has 0 saturated carbocycles. The van der Waals surface area contributed by atoms with E-state index in [0.29, 0.717) is 6.54 Å². The Bertz CT molecular complexity index is 564. The van der Waals surface area contributed by atoms with Gasteiger partial charge in [-0.15, -0.1) is 0 Å². The average Bonchev–Trinajstić information content (AvgIpc) is 2.91. The van der Waals surface area contributed by atoms with Gasteiger partial charge in [-0.25, -0.2) is 9.97 Å². The van der Waals surface area contributed by atoms with Crippen LogP contribution in [-0.4, -0.2) is 40.2 Å². The lowest BCUT2D eigenvalue weighted by Crippen LogP contribution is -2.32. The quantitative estimate of drug-likeness (QED) is 0.813. The van der Waals surface area contributed by atoms with Crippen molar-refractivity contribution in [2.75, 3.05) is 30.8 Å². The Kier molecular flexibility index (Phi) is 4.44. The maximum absolute atomic E-state index is 5.41. The van der Waals surface area contributed by atoms with Gasteiger partial charge in [-0.1, -0.05) is 6.92 Å². The maximum atomic E-state index is 5.41. The molecule has 0 aliphatic rings. The summed E-state index contributed by atoms with van der Waals surface area (Å²) in [6.07, 6.45) is 6.70. The first-order valence-electron chi connectivity index (χ1n) is 6.92. The zero-order chi connectivity index (χ0) is 14.6. The van der Waals surface area contributed by atoms with E-state index in [-0.39, 0.29) is 5.60 Å². The molecule has 0 aromatic carbocycles. The Morgan fingerprint density at radius 1 is 1.35 bits per heavy atom. The number of imidazole rings is 1. The van der Waals surface area contributed by atoms with Crippen LogP contribution in [0.2, 0.25) is 0 Å². The van der Waals surface area contributed by atoms with E-state index in [1.807, 2.05) is 30.6 Å². The molecule has 0 atom stereocenters. The topological polar surface area (TPSA) is 63.5 Å². The third kappa shape index (κ3) is 3.39. The summed E-state index contributed by atoms with van der Waals surface area (Å²) >= 11 is 0. The van der Waals surface area contributed by atoms with Gasteiger partial charge in [-0.3, -0.25) is 0 Å². The lowest BCUT2D eigenvalue weighted by Gasteiger charge is -2.23. The summed E-state index contributed by atoms with van der Waals surface area (Å²) in [5, 5.41) is 6.62. The maximum Gasteiger partial charge on any atom is 0.180 e. The van der Waals surface area contributed by atoms with Crippen LogP contribution in [0.4, 0.5) is 11.6 Å². The highest BCUT2D eigenvalue weighted by atomic mass is 16.5. The summed E-state index contributed by atoms with van der Waals surface area (Å²) < 4.78 is 7.38. The number of rotatable bonds is 7. The van der Waals surface area contributed by atoms with Crippen molar-refractivity contribution in [1.29, 1.82) is 0 Å². The van der Waals surface area contributed by atoms with Crippen molar-refractivity contribution >= 4 is 17.3 Å². The van der Waals surface area contributed by atoms with Crippen LogP contribution in [0.1, 0.15) is 27.2 Å². The number of nitrogens with one attached hydrogen (secondary N) is 2. The van der Waals surface area contributed by atoms with Gasteiger partial charge in [0.15, 0.2) is 11.5 Å². The molecule has 0 aliphatic heterocycles. The molecule has 20 heavy (non-hydrogen) atoms. The van der Waals surface area contributed by atoms with Crippen molar-refractivity contribution in [1.82, 2.24) is 14.4 Å². The Morgan fingerprint density at radius 3 is 2.85 bits per heavy atom. The first kappa shape index (κ1) is 14.6. The molecule has 2 heterocycles. The molecule has 0 bridgehead atoms. The highest BCUT2D eigenvalue weighted by Gasteiger charge is 2.17. The Labute approximate surface area is 119 Å². The van der Waals surface area contributed by atoms with Gasteiger partial charge in [0.2, 0.25) is 0 Å². The van der Waals surface area contributed by atoms with Gasteiger partial charge < -0.3 is 19.8 Å². The van der Waals surface area contributed by atoms with Crippen molar-refractivity contribution in [3.05, 3.63) is 18.6 Å². The number of fused-ring (bicyclic) bond motifs is 1. The molecule has 0 amide bonds. The minimum atomic E-state index is -0.252. The molecule has 2 N–H and O–H groups in total. The molecule has 0 fully saturated rings. The number of anilines is 2. The summed E-state index contributed by atoms with van der Waals surface area (Å²) in [6.45, 7) is 7.75. The zero-order valence-corrected chi connectivity index (χ0v) is 12.6. The van der Waals surface area contributed by atoms with Gasteiger partial charge in [-0.05, 0) is 20.3 Å². The molecule has 0 spiro atoms. The predicted molar refractivity (Wildman–Crippen MR) is 81.3 cm³/mol. The van der Waals surface area contributed by atoms with Crippen LogP contribution in [0.5, 0.6) is 0 Å². The van der Waals surface area contributed by atoms with Gasteiger partial charge >= 0.3 is 0 Å². The molecule has 0 radical (unpaired) electrons. The highest BCUT2D eigenvalue weighted by Crippen LogP contribution is 2.18. The van der Waals surface area contributed by atoms with Gasteiger partial charge in [0.25, 0.3) is 0 Å². The summed E-state index contributed by atoms with van der Waals surface area (Å²) in [5.74, 6) is 1.61. The fourth-order valence-electron chi connectivity index (χ4n) is 1.76. The van der Waals surface area contributed by atoms with E-state index in [1.54, 1.807) is 13.3 Å². The molecular weight excluding hydrogens is 254 g/mol. The fraction of sp³-hybridized carbons (Fsp3) is 0.571. The Balaban J connectivity index is 2.23. The number of hydrogen-bond donors (Lipinski definition) is 2. The second kappa shape index (κ2) is 6.09. The number of ether oxygens (including phenoxy) is 1. The average molecular weight is 277 g/mol. The van der Waals surface area contributed by atoms with E-state index in [1.165, 1.54) is 0 Å². The van der Waals surface area contributed by atoms with Crippen LogP contribution < -0.4 is 10.6 Å². The summed E-state index contributed by atoms with van der Waals surface area (Å²) in [7, 11) is 1.71. The van der Waals surface area contributed by atoms with Crippen LogP contribution in [0.3, 0.4) is 0 Å². The highest BCUT2D eigenvalue weighted by molar-refractivity contribution is 5.65. The predicted octanol–water partition coefficient (Wildman–Crippen LogP) is 2.39. The van der Waals surface area contributed by atoms with E-state index in [9.17, 15) is 0 Å². The van der Waals surface area contributed by atoms with Crippen molar-refractivity contribution in [2.45, 2.75) is 32.8 Å². The first-order chi connectivity index (χ1) is 9.55. The van der Waals surface area contributed by atoms with Crippen LogP contribution >= 0.6 is 0 Å². The zero-order valence-electron chi connectivity index (χ0n) is 12.6. The van der Waals surface area contributed by atoms with Crippen molar-refractivity contribution < 1.29 is 4.74 Å². The van der Waals surface area contributed by atoms with Crippen LogP contribution in [-0.2, 0) is 4.74 Å². The minimum Gasteiger partial charge on any atom is -0.377 e. The Morgan fingerprint density at radius 2 is 2.15 bits per heavy atom. The van der Waals surface area contributed by atoms with Crippen LogP contribution in [0.15, 0.2) is 18.6 Å². The number of hydrogen-bond acceptors (Lipinski definition) is 5. The first-order valence-corrected chi connectivity index (χ1v) is 6.92. The van der Waals surface area contributed by atoms with Crippen molar-refractivity contribution in [2.24, 2.45) is 0 Å². The molecule has 2 rings (SSSR count). The van der Waals surface area contributed by atoms with Gasteiger partial charge in [0, 0.05) is 32.6 Å². The summed E-state index contributed by atoms with van der Waals surface area (Å²) in [4.78, 5) is 8.92. The smallest absolute Gasteiger partial charge is 0.180 e. The molecule has 2 aromatic heterocycles. The second-order valence-corrected chi connectivity index (χ2v) is 5.38. The lowest BCUT2D eigenvalue weighted by molar-refractivity contribution is 0.0343. The second-order valence-electron chi connectivity index (χ2n) is 5.38. The molecule has 0 aliphatic carbocycles. The number of nitrogens with zero attached hydrogens (tertiary/aromatic N) is 3. The van der Waals surface area contributed by atoms with Crippen LogP contribution in [0.25, 0.3) is 5.65 Å². The lowest BCUT2D eigenvalue weighted by atomic mass is 10.1.